The van der Waals surface area contributed by atoms with Crippen LogP contribution < -0.4 is 15.2 Å². The molecule has 156 valence electrons. The van der Waals surface area contributed by atoms with Gasteiger partial charge in [0.15, 0.2) is 11.5 Å². The van der Waals surface area contributed by atoms with Gasteiger partial charge in [-0.05, 0) is 48.9 Å². The molecule has 1 saturated carbocycles. The molecule has 3 aliphatic heterocycles. The highest BCUT2D eigenvalue weighted by atomic mass is 16.6. The summed E-state index contributed by atoms with van der Waals surface area (Å²) in [4.78, 5) is 28.7. The van der Waals surface area contributed by atoms with Crippen LogP contribution in [0.2, 0.25) is 0 Å². The highest BCUT2D eigenvalue weighted by Crippen LogP contribution is 2.49. The molecule has 1 spiro atoms. The Kier molecular flexibility index (Phi) is 4.56. The third kappa shape index (κ3) is 3.20. The Balaban J connectivity index is 1.45. The van der Waals surface area contributed by atoms with Crippen molar-refractivity contribution >= 4 is 11.9 Å². The van der Waals surface area contributed by atoms with Crippen molar-refractivity contribution < 1.29 is 19.1 Å². The van der Waals surface area contributed by atoms with E-state index in [1.165, 1.54) is 24.0 Å². The maximum absolute atomic E-state index is 13.5. The zero-order valence-electron chi connectivity index (χ0n) is 16.8. The molecule has 4 aliphatic rings. The van der Waals surface area contributed by atoms with Gasteiger partial charge in [-0.25, -0.2) is 4.79 Å². The Morgan fingerprint density at radius 3 is 2.48 bits per heavy atom. The summed E-state index contributed by atoms with van der Waals surface area (Å²) in [6, 6.07) is 3.83. The van der Waals surface area contributed by atoms with E-state index in [4.69, 9.17) is 15.2 Å². The molecule has 1 aromatic rings. The average molecular weight is 399 g/mol. The van der Waals surface area contributed by atoms with Gasteiger partial charge in [0.1, 0.15) is 13.2 Å². The highest BCUT2D eigenvalue weighted by molar-refractivity contribution is 5.81. The summed E-state index contributed by atoms with van der Waals surface area (Å²) in [6.07, 6.45) is 6.22. The standard InChI is InChI=1S/C22H29N3O4/c23-21(27)24-7-3-4-15(12-24)20(26)25-13-16-10-18-19(29-9-8-28-18)11-17(16)22(14-25)5-1-2-6-22/h10-11,15H,1-9,12-14H2,(H2,23,27). The first-order valence-electron chi connectivity index (χ1n) is 10.8. The summed E-state index contributed by atoms with van der Waals surface area (Å²) in [5, 5.41) is 0. The molecule has 2 fully saturated rings. The van der Waals surface area contributed by atoms with Crippen LogP contribution in [0, 0.1) is 5.92 Å². The van der Waals surface area contributed by atoms with Gasteiger partial charge in [0.05, 0.1) is 5.92 Å². The number of amides is 3. The zero-order chi connectivity index (χ0) is 20.0. The van der Waals surface area contributed by atoms with E-state index in [1.54, 1.807) is 4.90 Å². The van der Waals surface area contributed by atoms with Crippen molar-refractivity contribution in [1.29, 1.82) is 0 Å². The maximum Gasteiger partial charge on any atom is 0.314 e. The number of piperidine rings is 1. The van der Waals surface area contributed by atoms with Crippen LogP contribution >= 0.6 is 0 Å². The maximum atomic E-state index is 13.5. The zero-order valence-corrected chi connectivity index (χ0v) is 16.8. The molecular formula is C22H29N3O4. The van der Waals surface area contributed by atoms with Crippen LogP contribution in [0.4, 0.5) is 4.79 Å². The van der Waals surface area contributed by atoms with Crippen molar-refractivity contribution in [2.24, 2.45) is 11.7 Å². The summed E-state index contributed by atoms with van der Waals surface area (Å²) in [6.45, 7) is 3.58. The second-order valence-electron chi connectivity index (χ2n) is 8.96. The minimum Gasteiger partial charge on any atom is -0.486 e. The molecule has 1 unspecified atom stereocenters. The molecule has 2 N–H and O–H groups in total. The van der Waals surface area contributed by atoms with Crippen molar-refractivity contribution in [1.82, 2.24) is 9.80 Å². The van der Waals surface area contributed by atoms with E-state index >= 15 is 0 Å². The van der Waals surface area contributed by atoms with Crippen LogP contribution in [0.25, 0.3) is 0 Å². The van der Waals surface area contributed by atoms with Crippen molar-refractivity contribution in [3.05, 3.63) is 23.3 Å². The lowest BCUT2D eigenvalue weighted by molar-refractivity contribution is -0.139. The minimum absolute atomic E-state index is 0.0110. The van der Waals surface area contributed by atoms with Gasteiger partial charge in [-0.15, -0.1) is 0 Å². The van der Waals surface area contributed by atoms with E-state index in [0.717, 1.165) is 43.7 Å². The summed E-state index contributed by atoms with van der Waals surface area (Å²) < 4.78 is 11.6. The Bertz CT molecular complexity index is 834. The molecule has 0 radical (unpaired) electrons. The third-order valence-corrected chi connectivity index (χ3v) is 7.15. The fourth-order valence-electron chi connectivity index (χ4n) is 5.74. The van der Waals surface area contributed by atoms with E-state index in [0.29, 0.717) is 32.8 Å². The lowest BCUT2D eigenvalue weighted by Crippen LogP contribution is -2.52. The number of carbonyl (C=O) groups excluding carboxylic acids is 2. The van der Waals surface area contributed by atoms with E-state index in [9.17, 15) is 9.59 Å². The summed E-state index contributed by atoms with van der Waals surface area (Å²) in [5.41, 5.74) is 8.00. The smallest absolute Gasteiger partial charge is 0.314 e. The van der Waals surface area contributed by atoms with Gasteiger partial charge in [-0.3, -0.25) is 4.79 Å². The molecule has 29 heavy (non-hydrogen) atoms. The van der Waals surface area contributed by atoms with Gasteiger partial charge < -0.3 is 25.0 Å². The molecule has 1 aliphatic carbocycles. The number of hydrogen-bond donors (Lipinski definition) is 1. The van der Waals surface area contributed by atoms with E-state index in [2.05, 4.69) is 12.1 Å². The van der Waals surface area contributed by atoms with Crippen LogP contribution in [-0.2, 0) is 16.8 Å². The number of carbonyl (C=O) groups is 2. The van der Waals surface area contributed by atoms with Crippen molar-refractivity contribution in [3.8, 4) is 11.5 Å². The molecule has 0 aromatic heterocycles. The highest BCUT2D eigenvalue weighted by Gasteiger charge is 2.45. The largest absolute Gasteiger partial charge is 0.486 e. The second-order valence-corrected chi connectivity index (χ2v) is 8.96. The predicted molar refractivity (Wildman–Crippen MR) is 107 cm³/mol. The SMILES string of the molecule is NC(=O)N1CCCC(C(=O)N2Cc3cc4c(cc3C3(CCCC3)C2)OCCO4)C1. The number of nitrogens with two attached hydrogens (primary N) is 1. The van der Waals surface area contributed by atoms with Gasteiger partial charge in [-0.2, -0.15) is 0 Å². The first-order valence-corrected chi connectivity index (χ1v) is 10.8. The lowest BCUT2D eigenvalue weighted by atomic mass is 9.73. The van der Waals surface area contributed by atoms with E-state index in [-0.39, 0.29) is 17.2 Å². The van der Waals surface area contributed by atoms with Crippen molar-refractivity contribution in [3.63, 3.8) is 0 Å². The number of likely N-dealkylation sites (tertiary alicyclic amines) is 1. The van der Waals surface area contributed by atoms with Crippen LogP contribution in [0.15, 0.2) is 12.1 Å². The molecule has 1 atom stereocenters. The average Bonchev–Trinajstić information content (AvgIpc) is 3.21. The van der Waals surface area contributed by atoms with Gasteiger partial charge in [0.2, 0.25) is 5.91 Å². The Morgan fingerprint density at radius 2 is 1.76 bits per heavy atom. The number of ether oxygens (including phenoxy) is 2. The first-order chi connectivity index (χ1) is 14.1. The number of urea groups is 1. The molecular weight excluding hydrogens is 370 g/mol. The van der Waals surface area contributed by atoms with Crippen LogP contribution in [0.1, 0.15) is 49.7 Å². The Morgan fingerprint density at radius 1 is 1.03 bits per heavy atom. The quantitative estimate of drug-likeness (QED) is 0.786. The van der Waals surface area contributed by atoms with Crippen LogP contribution in [-0.4, -0.2) is 54.6 Å². The summed E-state index contributed by atoms with van der Waals surface area (Å²) in [5.74, 6) is 1.62. The summed E-state index contributed by atoms with van der Waals surface area (Å²) in [7, 11) is 0. The van der Waals surface area contributed by atoms with Gasteiger partial charge in [0.25, 0.3) is 0 Å². The molecule has 1 aromatic carbocycles. The number of primary amides is 1. The molecule has 0 bridgehead atoms. The van der Waals surface area contributed by atoms with Crippen LogP contribution in [0.5, 0.6) is 11.5 Å². The molecule has 5 rings (SSSR count). The Hall–Kier alpha value is -2.44. The van der Waals surface area contributed by atoms with Gasteiger partial charge in [0, 0.05) is 31.6 Å². The predicted octanol–water partition coefficient (Wildman–Crippen LogP) is 2.40. The topological polar surface area (TPSA) is 85.1 Å². The number of nitrogens with zero attached hydrogens (tertiary/aromatic N) is 2. The number of hydrogen-bond acceptors (Lipinski definition) is 4. The monoisotopic (exact) mass is 399 g/mol. The fourth-order valence-corrected chi connectivity index (χ4v) is 5.74. The number of fused-ring (bicyclic) bond motifs is 3. The fraction of sp³-hybridized carbons (Fsp3) is 0.636. The Labute approximate surface area is 171 Å². The molecule has 1 saturated heterocycles. The van der Waals surface area contributed by atoms with Crippen LogP contribution in [0.3, 0.4) is 0 Å². The number of rotatable bonds is 1. The minimum atomic E-state index is -0.428. The van der Waals surface area contributed by atoms with Gasteiger partial charge >= 0.3 is 6.03 Å². The lowest BCUT2D eigenvalue weighted by Gasteiger charge is -2.44. The second kappa shape index (κ2) is 7.11. The van der Waals surface area contributed by atoms with Crippen molar-refractivity contribution in [2.45, 2.75) is 50.5 Å². The van der Waals surface area contributed by atoms with E-state index in [1.807, 2.05) is 4.90 Å². The summed E-state index contributed by atoms with van der Waals surface area (Å²) >= 11 is 0. The molecule has 7 nitrogen and oxygen atoms in total. The third-order valence-electron chi connectivity index (χ3n) is 7.15. The molecule has 7 heteroatoms. The number of benzene rings is 1. The molecule has 3 amide bonds. The first kappa shape index (κ1) is 18.6. The molecule has 3 heterocycles. The van der Waals surface area contributed by atoms with Gasteiger partial charge in [-0.1, -0.05) is 12.8 Å². The van der Waals surface area contributed by atoms with E-state index < -0.39 is 6.03 Å². The van der Waals surface area contributed by atoms with Crippen molar-refractivity contribution in [2.75, 3.05) is 32.8 Å². The normalized spacial score (nSPS) is 25.0.